The maximum Gasteiger partial charge on any atom is 0.214 e. The number of nitrogens with two attached hydrogens (primary N) is 1. The third-order valence-electron chi connectivity index (χ3n) is 0.236. The Morgan fingerprint density at radius 2 is 1.67 bits per heavy atom. The van der Waals surface area contributed by atoms with E-state index >= 15 is 0 Å². The summed E-state index contributed by atoms with van der Waals surface area (Å²) in [7, 11) is 3.17. The highest BCUT2D eigenvalue weighted by atomic mass is 16.6. The largest absolute Gasteiger partial charge is 0.370 e. The molecule has 0 bridgehead atoms. The quantitative estimate of drug-likeness (QED) is 0.530. The lowest BCUT2D eigenvalue weighted by molar-refractivity contribution is -0.115. The summed E-state index contributed by atoms with van der Waals surface area (Å²) in [6, 6.07) is 0. The summed E-state index contributed by atoms with van der Waals surface area (Å²) in [4.78, 5) is 9.22. The second kappa shape index (κ2) is 10.4. The lowest BCUT2D eigenvalue weighted by Crippen LogP contribution is -2.01. The van der Waals surface area contributed by atoms with Gasteiger partial charge in [0.25, 0.3) is 0 Å². The highest BCUT2D eigenvalue weighted by molar-refractivity contribution is 5.70. The van der Waals surface area contributed by atoms with Crippen molar-refractivity contribution in [1.82, 2.24) is 0 Å². The number of carbonyl (C=O) groups excluding carboxylic acids is 1. The van der Waals surface area contributed by atoms with E-state index in [4.69, 9.17) is 0 Å². The van der Waals surface area contributed by atoms with Crippen molar-refractivity contribution in [1.29, 1.82) is 0 Å². The smallest absolute Gasteiger partial charge is 0.214 e. The van der Waals surface area contributed by atoms with Crippen molar-refractivity contribution in [3.05, 3.63) is 0 Å². The van der Waals surface area contributed by atoms with E-state index in [1.807, 2.05) is 0 Å². The Morgan fingerprint density at radius 3 is 1.67 bits per heavy atom. The number of hydrogen-bond donors (Lipinski definition) is 1. The first-order valence-corrected chi connectivity index (χ1v) is 2.39. The molecule has 0 unspecified atom stereocenters. The van der Waals surface area contributed by atoms with E-state index in [0.717, 1.165) is 0 Å². The highest BCUT2D eigenvalue weighted by Gasteiger charge is 1.63. The molecule has 0 saturated heterocycles. The molecule has 1 amide bonds. The fourth-order valence-electron chi connectivity index (χ4n) is 0.118. The maximum absolute atomic E-state index is 9.22. The summed E-state index contributed by atoms with van der Waals surface area (Å²) < 4.78 is 8.94. The van der Waals surface area contributed by atoms with Crippen LogP contribution >= 0.6 is 0 Å². The van der Waals surface area contributed by atoms with Crippen LogP contribution in [0.25, 0.3) is 0 Å². The Labute approximate surface area is 54.9 Å². The zero-order valence-corrected chi connectivity index (χ0v) is 6.01. The van der Waals surface area contributed by atoms with Gasteiger partial charge in [-0.05, 0) is 0 Å². The molecule has 0 radical (unpaired) electrons. The van der Waals surface area contributed by atoms with Gasteiger partial charge in [0.2, 0.25) is 5.91 Å². The van der Waals surface area contributed by atoms with Gasteiger partial charge >= 0.3 is 0 Å². The lowest BCUT2D eigenvalue weighted by atomic mass is 10.8. The number of ether oxygens (including phenoxy) is 2. The molecule has 0 aromatic carbocycles. The maximum atomic E-state index is 9.22. The zero-order valence-electron chi connectivity index (χ0n) is 6.01. The van der Waals surface area contributed by atoms with Crippen LogP contribution in [0.3, 0.4) is 0 Å². The molecule has 0 saturated carbocycles. The second-order valence-corrected chi connectivity index (χ2v) is 1.31. The number of amides is 1. The normalized spacial score (nSPS) is 7.44. The molecule has 0 rings (SSSR count). The molecule has 4 heteroatoms. The molecular formula is C5H13NO3. The van der Waals surface area contributed by atoms with Crippen LogP contribution in [0.5, 0.6) is 0 Å². The summed E-state index contributed by atoms with van der Waals surface area (Å²) in [6.07, 6.45) is 0. The van der Waals surface area contributed by atoms with Gasteiger partial charge in [-0.25, -0.2) is 0 Å². The first-order valence-electron chi connectivity index (χ1n) is 2.39. The number of carbonyl (C=O) groups is 1. The van der Waals surface area contributed by atoms with Crippen molar-refractivity contribution in [2.24, 2.45) is 5.73 Å². The van der Waals surface area contributed by atoms with E-state index in [9.17, 15) is 4.79 Å². The van der Waals surface area contributed by atoms with Crippen molar-refractivity contribution >= 4 is 5.91 Å². The highest BCUT2D eigenvalue weighted by Crippen LogP contribution is 1.60. The summed E-state index contributed by atoms with van der Waals surface area (Å²) >= 11 is 0. The molecule has 0 aliphatic heterocycles. The molecule has 56 valence electrons. The Bertz CT molecular complexity index is 59.2. The standard InChI is InChI=1S/C3H8O2.C2H5NO/c1-4-3-5-2;1-2(3)4/h3H2,1-2H3;1H3,(H2,3,4). The summed E-state index contributed by atoms with van der Waals surface area (Å²) in [6.45, 7) is 1.69. The van der Waals surface area contributed by atoms with Gasteiger partial charge in [0, 0.05) is 21.1 Å². The molecular weight excluding hydrogens is 122 g/mol. The predicted molar refractivity (Wildman–Crippen MR) is 33.8 cm³/mol. The van der Waals surface area contributed by atoms with Crippen molar-refractivity contribution in [2.45, 2.75) is 6.92 Å². The molecule has 4 nitrogen and oxygen atoms in total. The van der Waals surface area contributed by atoms with Gasteiger partial charge in [0.1, 0.15) is 6.79 Å². The van der Waals surface area contributed by atoms with E-state index in [1.165, 1.54) is 6.92 Å². The molecule has 0 spiro atoms. The van der Waals surface area contributed by atoms with E-state index in [0.29, 0.717) is 6.79 Å². The Kier molecular flexibility index (Phi) is 13.0. The van der Waals surface area contributed by atoms with Crippen molar-refractivity contribution < 1.29 is 14.3 Å². The Morgan fingerprint density at radius 1 is 1.44 bits per heavy atom. The Hall–Kier alpha value is -0.610. The van der Waals surface area contributed by atoms with Crippen LogP contribution in [0.2, 0.25) is 0 Å². The third-order valence-corrected chi connectivity index (χ3v) is 0.236. The third kappa shape index (κ3) is 111. The number of rotatable bonds is 2. The van der Waals surface area contributed by atoms with Gasteiger partial charge in [-0.2, -0.15) is 0 Å². The summed E-state index contributed by atoms with van der Waals surface area (Å²) in [5, 5.41) is 0. The van der Waals surface area contributed by atoms with Crippen LogP contribution in [0.1, 0.15) is 6.92 Å². The zero-order chi connectivity index (χ0) is 7.70. The topological polar surface area (TPSA) is 61.6 Å². The van der Waals surface area contributed by atoms with Crippen LogP contribution in [0.15, 0.2) is 0 Å². The lowest BCUT2D eigenvalue weighted by Gasteiger charge is -1.87. The molecule has 0 fully saturated rings. The summed E-state index contributed by atoms with van der Waals surface area (Å²) in [5.41, 5.74) is 4.47. The van der Waals surface area contributed by atoms with Gasteiger partial charge in [-0.3, -0.25) is 4.79 Å². The molecule has 0 heterocycles. The molecule has 0 aliphatic carbocycles. The molecule has 0 aromatic heterocycles. The van der Waals surface area contributed by atoms with Crippen LogP contribution < -0.4 is 5.73 Å². The first kappa shape index (κ1) is 11.2. The number of hydrogen-bond acceptors (Lipinski definition) is 3. The van der Waals surface area contributed by atoms with E-state index < -0.39 is 0 Å². The van der Waals surface area contributed by atoms with Crippen LogP contribution in [-0.4, -0.2) is 26.9 Å². The fraction of sp³-hybridized carbons (Fsp3) is 0.800. The number of methoxy groups -OCH3 is 2. The van der Waals surface area contributed by atoms with Crippen molar-refractivity contribution in [3.8, 4) is 0 Å². The van der Waals surface area contributed by atoms with Crippen molar-refractivity contribution in [3.63, 3.8) is 0 Å². The van der Waals surface area contributed by atoms with Crippen LogP contribution in [-0.2, 0) is 14.3 Å². The van der Waals surface area contributed by atoms with Gasteiger partial charge in [0.15, 0.2) is 0 Å². The molecule has 0 aliphatic rings. The molecule has 9 heavy (non-hydrogen) atoms. The van der Waals surface area contributed by atoms with E-state index in [-0.39, 0.29) is 5.91 Å². The predicted octanol–water partition coefficient (Wildman–Crippen LogP) is -0.272. The average Bonchev–Trinajstić information content (AvgIpc) is 1.66. The van der Waals surface area contributed by atoms with Crippen LogP contribution in [0, 0.1) is 0 Å². The minimum absolute atomic E-state index is 0.333. The number of primary amides is 1. The first-order chi connectivity index (χ1) is 4.15. The van der Waals surface area contributed by atoms with E-state index in [2.05, 4.69) is 15.2 Å². The summed E-state index contributed by atoms with van der Waals surface area (Å²) in [5.74, 6) is -0.333. The van der Waals surface area contributed by atoms with Gasteiger partial charge in [-0.15, -0.1) is 0 Å². The average molecular weight is 135 g/mol. The van der Waals surface area contributed by atoms with Gasteiger partial charge < -0.3 is 15.2 Å². The van der Waals surface area contributed by atoms with Gasteiger partial charge in [-0.1, -0.05) is 0 Å². The SMILES string of the molecule is CC(N)=O.COCOC. The minimum Gasteiger partial charge on any atom is -0.370 e. The van der Waals surface area contributed by atoms with Gasteiger partial charge in [0.05, 0.1) is 0 Å². The Balaban J connectivity index is 0. The van der Waals surface area contributed by atoms with Crippen LogP contribution in [0.4, 0.5) is 0 Å². The van der Waals surface area contributed by atoms with Crippen molar-refractivity contribution in [2.75, 3.05) is 21.0 Å². The van der Waals surface area contributed by atoms with E-state index in [1.54, 1.807) is 14.2 Å². The molecule has 0 atom stereocenters. The fourth-order valence-corrected chi connectivity index (χ4v) is 0.118. The minimum atomic E-state index is -0.333. The molecule has 0 aromatic rings. The molecule has 2 N–H and O–H groups in total. The monoisotopic (exact) mass is 135 g/mol. The second-order valence-electron chi connectivity index (χ2n) is 1.31.